The molecule has 0 saturated carbocycles. The SMILES string of the molecule is CCN(CC)c1ccc(N2C(=O)C(=O)/C(=C(/O)c3cc(Cl)c(OC)c(Cl)c3)C2c2ccc(OC)cc2)cc1. The molecule has 1 N–H and O–H groups in total. The second-order valence-corrected chi connectivity index (χ2v) is 9.42. The van der Waals surface area contributed by atoms with E-state index in [9.17, 15) is 14.7 Å². The van der Waals surface area contributed by atoms with E-state index in [0.29, 0.717) is 17.0 Å². The number of amides is 1. The molecule has 9 heteroatoms. The van der Waals surface area contributed by atoms with E-state index in [1.54, 1.807) is 43.5 Å². The number of benzene rings is 3. The van der Waals surface area contributed by atoms with Gasteiger partial charge in [0.1, 0.15) is 11.5 Å². The van der Waals surface area contributed by atoms with Crippen molar-refractivity contribution < 1.29 is 24.2 Å². The van der Waals surface area contributed by atoms with Gasteiger partial charge in [0, 0.05) is 30.0 Å². The van der Waals surface area contributed by atoms with Gasteiger partial charge in [-0.25, -0.2) is 0 Å². The zero-order valence-electron chi connectivity index (χ0n) is 21.5. The van der Waals surface area contributed by atoms with Gasteiger partial charge >= 0.3 is 0 Å². The van der Waals surface area contributed by atoms with Gasteiger partial charge < -0.3 is 19.5 Å². The van der Waals surface area contributed by atoms with Crippen LogP contribution in [0.25, 0.3) is 5.76 Å². The number of anilines is 2. The minimum absolute atomic E-state index is 0.0784. The molecular formula is C29H28Cl2N2O5. The van der Waals surface area contributed by atoms with Gasteiger partial charge in [0.15, 0.2) is 5.75 Å². The van der Waals surface area contributed by atoms with Crippen molar-refractivity contribution in [2.75, 3.05) is 37.1 Å². The molecule has 1 heterocycles. The molecule has 1 fully saturated rings. The maximum Gasteiger partial charge on any atom is 0.300 e. The Morgan fingerprint density at radius 2 is 1.50 bits per heavy atom. The molecule has 1 amide bonds. The lowest BCUT2D eigenvalue weighted by molar-refractivity contribution is -0.132. The van der Waals surface area contributed by atoms with Crippen LogP contribution in [0.15, 0.2) is 66.2 Å². The zero-order chi connectivity index (χ0) is 27.6. The Bertz CT molecular complexity index is 1360. The van der Waals surface area contributed by atoms with E-state index in [0.717, 1.165) is 18.8 Å². The minimum Gasteiger partial charge on any atom is -0.507 e. The van der Waals surface area contributed by atoms with Crippen LogP contribution < -0.4 is 19.3 Å². The Kier molecular flexibility index (Phi) is 8.19. The first kappa shape index (κ1) is 27.4. The Balaban J connectivity index is 1.89. The molecule has 0 spiro atoms. The fourth-order valence-electron chi connectivity index (χ4n) is 4.66. The Morgan fingerprint density at radius 1 is 0.921 bits per heavy atom. The predicted molar refractivity (Wildman–Crippen MR) is 151 cm³/mol. The molecular weight excluding hydrogens is 527 g/mol. The molecule has 0 aliphatic carbocycles. The van der Waals surface area contributed by atoms with Crippen molar-refractivity contribution in [1.29, 1.82) is 0 Å². The summed E-state index contributed by atoms with van der Waals surface area (Å²) in [5, 5.41) is 11.7. The van der Waals surface area contributed by atoms with Crippen molar-refractivity contribution in [2.24, 2.45) is 0 Å². The molecule has 1 atom stereocenters. The number of nitrogens with zero attached hydrogens (tertiary/aromatic N) is 2. The van der Waals surface area contributed by atoms with E-state index in [-0.39, 0.29) is 26.9 Å². The highest BCUT2D eigenvalue weighted by Gasteiger charge is 2.47. The Labute approximate surface area is 231 Å². The van der Waals surface area contributed by atoms with Gasteiger partial charge in [-0.2, -0.15) is 0 Å². The summed E-state index contributed by atoms with van der Waals surface area (Å²) < 4.78 is 10.5. The van der Waals surface area contributed by atoms with Gasteiger partial charge in [-0.3, -0.25) is 14.5 Å². The van der Waals surface area contributed by atoms with Crippen molar-refractivity contribution in [1.82, 2.24) is 0 Å². The average Bonchev–Trinajstić information content (AvgIpc) is 3.19. The lowest BCUT2D eigenvalue weighted by Gasteiger charge is -2.27. The lowest BCUT2D eigenvalue weighted by Crippen LogP contribution is -2.29. The number of hydrogen-bond acceptors (Lipinski definition) is 6. The molecule has 1 saturated heterocycles. The fraction of sp³-hybridized carbons (Fsp3) is 0.241. The van der Waals surface area contributed by atoms with Crippen molar-refractivity contribution in [2.45, 2.75) is 19.9 Å². The normalized spacial score (nSPS) is 16.6. The van der Waals surface area contributed by atoms with Crippen molar-refractivity contribution >= 4 is 52.0 Å². The van der Waals surface area contributed by atoms with E-state index in [2.05, 4.69) is 18.7 Å². The van der Waals surface area contributed by atoms with Crippen LogP contribution >= 0.6 is 23.2 Å². The van der Waals surface area contributed by atoms with Crippen LogP contribution in [0.1, 0.15) is 31.0 Å². The highest BCUT2D eigenvalue weighted by atomic mass is 35.5. The number of ketones is 1. The number of ether oxygens (including phenoxy) is 2. The van der Waals surface area contributed by atoms with Gasteiger partial charge in [0.2, 0.25) is 0 Å². The van der Waals surface area contributed by atoms with Crippen molar-refractivity contribution in [3.8, 4) is 11.5 Å². The number of Topliss-reactive ketones (excluding diaryl/α,β-unsaturated/α-hetero) is 1. The number of rotatable bonds is 8. The molecule has 0 aromatic heterocycles. The number of halogens is 2. The molecule has 1 aliphatic heterocycles. The van der Waals surface area contributed by atoms with Crippen LogP contribution in [-0.2, 0) is 9.59 Å². The molecule has 38 heavy (non-hydrogen) atoms. The third-order valence-corrected chi connectivity index (χ3v) is 7.17. The summed E-state index contributed by atoms with van der Waals surface area (Å²) in [6, 6.07) is 16.4. The first-order valence-corrected chi connectivity index (χ1v) is 12.8. The van der Waals surface area contributed by atoms with Crippen LogP contribution in [0.2, 0.25) is 10.0 Å². The summed E-state index contributed by atoms with van der Waals surface area (Å²) in [7, 11) is 2.98. The molecule has 1 aliphatic rings. The van der Waals surface area contributed by atoms with Crippen LogP contribution in [-0.4, -0.2) is 44.1 Å². The molecule has 198 valence electrons. The third-order valence-electron chi connectivity index (χ3n) is 6.61. The minimum atomic E-state index is -0.903. The predicted octanol–water partition coefficient (Wildman–Crippen LogP) is 6.48. The second-order valence-electron chi connectivity index (χ2n) is 8.60. The number of carbonyl (C=O) groups excluding carboxylic acids is 2. The summed E-state index contributed by atoms with van der Waals surface area (Å²) in [5.74, 6) is -1.11. The number of aliphatic hydroxyl groups excluding tert-OH is 1. The third kappa shape index (κ3) is 4.91. The standard InChI is InChI=1S/C29H28Cl2N2O5/c1-5-32(6-2)19-9-11-20(12-10-19)33-25(17-7-13-21(37-3)14-8-17)24(27(35)29(33)36)26(34)18-15-22(30)28(38-4)23(31)16-18/h7-16,25,34H,5-6H2,1-4H3/b26-24+. The smallest absolute Gasteiger partial charge is 0.300 e. The largest absolute Gasteiger partial charge is 0.507 e. The average molecular weight is 555 g/mol. The summed E-state index contributed by atoms with van der Waals surface area (Å²) in [6.45, 7) is 5.80. The number of aliphatic hydroxyl groups is 1. The molecule has 0 radical (unpaired) electrons. The van der Waals surface area contributed by atoms with Gasteiger partial charge in [0.25, 0.3) is 11.7 Å². The molecule has 3 aromatic carbocycles. The monoisotopic (exact) mass is 554 g/mol. The van der Waals surface area contributed by atoms with Gasteiger partial charge in [-0.1, -0.05) is 35.3 Å². The first-order chi connectivity index (χ1) is 18.2. The highest BCUT2D eigenvalue weighted by Crippen LogP contribution is 2.44. The lowest BCUT2D eigenvalue weighted by atomic mass is 9.95. The first-order valence-electron chi connectivity index (χ1n) is 12.1. The van der Waals surface area contributed by atoms with E-state index in [1.165, 1.54) is 24.1 Å². The Hall–Kier alpha value is -3.68. The summed E-state index contributed by atoms with van der Waals surface area (Å²) >= 11 is 12.6. The number of hydrogen-bond donors (Lipinski definition) is 1. The van der Waals surface area contributed by atoms with Crippen LogP contribution in [0, 0.1) is 0 Å². The molecule has 0 bridgehead atoms. The van der Waals surface area contributed by atoms with Gasteiger partial charge in [0.05, 0.1) is 35.9 Å². The quantitative estimate of drug-likeness (QED) is 0.195. The summed E-state index contributed by atoms with van der Waals surface area (Å²) in [6.07, 6.45) is 0. The number of methoxy groups -OCH3 is 2. The second kappa shape index (κ2) is 11.4. The zero-order valence-corrected chi connectivity index (χ0v) is 23.0. The van der Waals surface area contributed by atoms with E-state index in [4.69, 9.17) is 32.7 Å². The van der Waals surface area contributed by atoms with E-state index >= 15 is 0 Å². The van der Waals surface area contributed by atoms with Gasteiger partial charge in [-0.05, 0) is 67.9 Å². The van der Waals surface area contributed by atoms with Crippen molar-refractivity contribution in [3.63, 3.8) is 0 Å². The van der Waals surface area contributed by atoms with Crippen LogP contribution in [0.5, 0.6) is 11.5 Å². The van der Waals surface area contributed by atoms with E-state index < -0.39 is 23.5 Å². The van der Waals surface area contributed by atoms with Crippen LogP contribution in [0.3, 0.4) is 0 Å². The highest BCUT2D eigenvalue weighted by molar-refractivity contribution is 6.51. The number of carbonyl (C=O) groups is 2. The summed E-state index contributed by atoms with van der Waals surface area (Å²) in [4.78, 5) is 30.5. The molecule has 4 rings (SSSR count). The molecule has 7 nitrogen and oxygen atoms in total. The maximum atomic E-state index is 13.4. The summed E-state index contributed by atoms with van der Waals surface area (Å²) in [5.41, 5.74) is 2.25. The molecule has 1 unspecified atom stereocenters. The van der Waals surface area contributed by atoms with Gasteiger partial charge in [-0.15, -0.1) is 0 Å². The fourth-order valence-corrected chi connectivity index (χ4v) is 5.30. The van der Waals surface area contributed by atoms with Crippen molar-refractivity contribution in [3.05, 3.63) is 87.4 Å². The topological polar surface area (TPSA) is 79.3 Å². The molecule has 3 aromatic rings. The van der Waals surface area contributed by atoms with Crippen LogP contribution in [0.4, 0.5) is 11.4 Å². The maximum absolute atomic E-state index is 13.4. The Morgan fingerprint density at radius 3 is 2.00 bits per heavy atom. The van der Waals surface area contributed by atoms with E-state index in [1.807, 2.05) is 12.1 Å².